The Hall–Kier alpha value is -0.570. The molecule has 0 aliphatic carbocycles. The summed E-state index contributed by atoms with van der Waals surface area (Å²) in [4.78, 5) is 0. The fraction of sp³-hybridized carbons (Fsp3) is 0.800. The van der Waals surface area contributed by atoms with Crippen molar-refractivity contribution in [2.75, 3.05) is 6.67 Å². The van der Waals surface area contributed by atoms with E-state index in [0.29, 0.717) is 12.6 Å². The summed E-state index contributed by atoms with van der Waals surface area (Å²) < 4.78 is 0. The standard InChI is InChI=1S/C5H13N3/c1-5(2)3-7-8-4-6/h3,5,8H,4,6H2,1-2H3/b7-3+. The summed E-state index contributed by atoms with van der Waals surface area (Å²) >= 11 is 0. The van der Waals surface area contributed by atoms with Crippen molar-refractivity contribution in [3.05, 3.63) is 0 Å². The van der Waals surface area contributed by atoms with E-state index < -0.39 is 0 Å². The van der Waals surface area contributed by atoms with Crippen LogP contribution in [0.1, 0.15) is 13.8 Å². The molecule has 48 valence electrons. The van der Waals surface area contributed by atoms with E-state index in [-0.39, 0.29) is 0 Å². The SMILES string of the molecule is CC(C)/C=N/NCN. The van der Waals surface area contributed by atoms with Gasteiger partial charge in [0.15, 0.2) is 0 Å². The molecular weight excluding hydrogens is 102 g/mol. The molecule has 0 saturated carbocycles. The minimum absolute atomic E-state index is 0.406. The molecule has 8 heavy (non-hydrogen) atoms. The largest absolute Gasteiger partial charge is 0.313 e. The Bertz CT molecular complexity index is 68.1. The van der Waals surface area contributed by atoms with Crippen LogP contribution in [-0.2, 0) is 0 Å². The summed E-state index contributed by atoms with van der Waals surface area (Å²) in [6.45, 7) is 4.52. The predicted molar refractivity (Wildman–Crippen MR) is 35.5 cm³/mol. The molecule has 0 fully saturated rings. The van der Waals surface area contributed by atoms with Crippen LogP contribution in [0.5, 0.6) is 0 Å². The van der Waals surface area contributed by atoms with Crippen LogP contribution in [0.25, 0.3) is 0 Å². The Labute approximate surface area is 50.0 Å². The van der Waals surface area contributed by atoms with Crippen LogP contribution in [0, 0.1) is 5.92 Å². The average molecular weight is 115 g/mol. The van der Waals surface area contributed by atoms with Gasteiger partial charge in [0.05, 0.1) is 6.67 Å². The van der Waals surface area contributed by atoms with Gasteiger partial charge in [-0.2, -0.15) is 5.10 Å². The Morgan fingerprint density at radius 2 is 2.38 bits per heavy atom. The summed E-state index contributed by atoms with van der Waals surface area (Å²) in [7, 11) is 0. The third-order valence-electron chi connectivity index (χ3n) is 0.555. The first-order valence-electron chi connectivity index (χ1n) is 2.73. The first kappa shape index (κ1) is 7.43. The molecule has 3 heteroatoms. The molecule has 0 rings (SSSR count). The van der Waals surface area contributed by atoms with Gasteiger partial charge in [0.2, 0.25) is 0 Å². The van der Waals surface area contributed by atoms with Gasteiger partial charge in [-0.05, 0) is 5.92 Å². The number of hydrogen-bond donors (Lipinski definition) is 2. The van der Waals surface area contributed by atoms with Crippen molar-refractivity contribution < 1.29 is 0 Å². The predicted octanol–water partition coefficient (Wildman–Crippen LogP) is 0.134. The maximum absolute atomic E-state index is 5.09. The lowest BCUT2D eigenvalue weighted by Gasteiger charge is -1.93. The van der Waals surface area contributed by atoms with Gasteiger partial charge in [-0.15, -0.1) is 0 Å². The van der Waals surface area contributed by atoms with Crippen molar-refractivity contribution in [2.24, 2.45) is 16.8 Å². The molecule has 0 aliphatic heterocycles. The molecule has 0 bridgehead atoms. The zero-order valence-electron chi connectivity index (χ0n) is 5.39. The van der Waals surface area contributed by atoms with E-state index in [0.717, 1.165) is 0 Å². The van der Waals surface area contributed by atoms with Crippen molar-refractivity contribution in [2.45, 2.75) is 13.8 Å². The fourth-order valence-electron chi connectivity index (χ4n) is 0.254. The third-order valence-corrected chi connectivity index (χ3v) is 0.555. The minimum Gasteiger partial charge on any atom is -0.313 e. The molecule has 0 aromatic heterocycles. The van der Waals surface area contributed by atoms with Gasteiger partial charge in [0.25, 0.3) is 0 Å². The lowest BCUT2D eigenvalue weighted by Crippen LogP contribution is -2.16. The second-order valence-electron chi connectivity index (χ2n) is 1.88. The highest BCUT2D eigenvalue weighted by atomic mass is 15.3. The molecule has 0 aromatic rings. The van der Waals surface area contributed by atoms with Gasteiger partial charge in [0.1, 0.15) is 0 Å². The Morgan fingerprint density at radius 3 is 2.75 bits per heavy atom. The van der Waals surface area contributed by atoms with Crippen molar-refractivity contribution in [1.82, 2.24) is 5.43 Å². The third kappa shape index (κ3) is 5.43. The number of nitrogens with zero attached hydrogens (tertiary/aromatic N) is 1. The van der Waals surface area contributed by atoms with E-state index in [1.807, 2.05) is 6.21 Å². The lowest BCUT2D eigenvalue weighted by atomic mass is 10.3. The highest BCUT2D eigenvalue weighted by Gasteiger charge is 1.80. The Morgan fingerprint density at radius 1 is 1.75 bits per heavy atom. The van der Waals surface area contributed by atoms with E-state index in [2.05, 4.69) is 24.4 Å². The zero-order chi connectivity index (χ0) is 6.41. The normalized spacial score (nSPS) is 11.0. The maximum Gasteiger partial charge on any atom is 0.0798 e. The molecule has 0 atom stereocenters. The maximum atomic E-state index is 5.09. The molecule has 0 heterocycles. The molecule has 0 unspecified atom stereocenters. The van der Waals surface area contributed by atoms with Crippen molar-refractivity contribution in [1.29, 1.82) is 0 Å². The molecule has 0 amide bonds. The van der Waals surface area contributed by atoms with Crippen molar-refractivity contribution >= 4 is 6.21 Å². The fourth-order valence-corrected chi connectivity index (χ4v) is 0.254. The summed E-state index contributed by atoms with van der Waals surface area (Å²) in [5, 5.41) is 3.79. The Kier molecular flexibility index (Phi) is 4.26. The van der Waals surface area contributed by atoms with Crippen LogP contribution in [0.3, 0.4) is 0 Å². The van der Waals surface area contributed by atoms with Crippen LogP contribution in [0.4, 0.5) is 0 Å². The van der Waals surface area contributed by atoms with E-state index in [1.165, 1.54) is 0 Å². The number of hydrogen-bond acceptors (Lipinski definition) is 3. The number of nitrogens with two attached hydrogens (primary N) is 1. The zero-order valence-corrected chi connectivity index (χ0v) is 5.39. The van der Waals surface area contributed by atoms with Crippen LogP contribution in [0.2, 0.25) is 0 Å². The van der Waals surface area contributed by atoms with Crippen LogP contribution < -0.4 is 11.2 Å². The molecular formula is C5H13N3. The molecule has 3 nitrogen and oxygen atoms in total. The van der Waals surface area contributed by atoms with Crippen molar-refractivity contribution in [3.8, 4) is 0 Å². The highest BCUT2D eigenvalue weighted by molar-refractivity contribution is 5.58. The van der Waals surface area contributed by atoms with Crippen LogP contribution >= 0.6 is 0 Å². The summed E-state index contributed by atoms with van der Waals surface area (Å²) in [5.41, 5.74) is 7.72. The first-order valence-corrected chi connectivity index (χ1v) is 2.73. The first-order chi connectivity index (χ1) is 3.77. The molecule has 0 radical (unpaired) electrons. The van der Waals surface area contributed by atoms with Gasteiger partial charge < -0.3 is 5.73 Å². The second-order valence-corrected chi connectivity index (χ2v) is 1.88. The van der Waals surface area contributed by atoms with Crippen LogP contribution in [0.15, 0.2) is 5.10 Å². The molecule has 0 saturated heterocycles. The molecule has 0 spiro atoms. The van der Waals surface area contributed by atoms with E-state index >= 15 is 0 Å². The lowest BCUT2D eigenvalue weighted by molar-refractivity contribution is 0.750. The number of hydrazone groups is 1. The average Bonchev–Trinajstić information content (AvgIpc) is 1.66. The summed E-state index contributed by atoms with van der Waals surface area (Å²) in [5.74, 6) is 0.494. The second kappa shape index (κ2) is 4.59. The monoisotopic (exact) mass is 115 g/mol. The van der Waals surface area contributed by atoms with Gasteiger partial charge in [0, 0.05) is 6.21 Å². The van der Waals surface area contributed by atoms with Gasteiger partial charge in [-0.1, -0.05) is 13.8 Å². The molecule has 3 N–H and O–H groups in total. The topological polar surface area (TPSA) is 50.4 Å². The van der Waals surface area contributed by atoms with E-state index in [1.54, 1.807) is 0 Å². The van der Waals surface area contributed by atoms with Crippen LogP contribution in [-0.4, -0.2) is 12.9 Å². The quantitative estimate of drug-likeness (QED) is 0.312. The molecule has 0 aromatic carbocycles. The van der Waals surface area contributed by atoms with Gasteiger partial charge in [-0.3, -0.25) is 5.43 Å². The summed E-state index contributed by atoms with van der Waals surface area (Å²) in [6.07, 6.45) is 1.81. The summed E-state index contributed by atoms with van der Waals surface area (Å²) in [6, 6.07) is 0. The van der Waals surface area contributed by atoms with Gasteiger partial charge >= 0.3 is 0 Å². The Balaban J connectivity index is 3.07. The molecule has 0 aliphatic rings. The smallest absolute Gasteiger partial charge is 0.0798 e. The minimum atomic E-state index is 0.406. The van der Waals surface area contributed by atoms with E-state index in [9.17, 15) is 0 Å². The number of rotatable bonds is 3. The van der Waals surface area contributed by atoms with Gasteiger partial charge in [-0.25, -0.2) is 0 Å². The number of nitrogens with one attached hydrogen (secondary N) is 1. The van der Waals surface area contributed by atoms with E-state index in [4.69, 9.17) is 5.73 Å². The highest BCUT2D eigenvalue weighted by Crippen LogP contribution is 1.81. The van der Waals surface area contributed by atoms with Crippen molar-refractivity contribution in [3.63, 3.8) is 0 Å².